The van der Waals surface area contributed by atoms with Crippen molar-refractivity contribution in [3.05, 3.63) is 29.8 Å². The fraction of sp³-hybridized carbons (Fsp3) is 0.538. The molecule has 0 radical (unpaired) electrons. The maximum atomic E-state index is 12.7. The van der Waals surface area contributed by atoms with Gasteiger partial charge in [0, 0.05) is 6.07 Å². The predicted octanol–water partition coefficient (Wildman–Crippen LogP) is 1.08. The molecule has 0 saturated carbocycles. The first-order chi connectivity index (χ1) is 7.89. The maximum Gasteiger partial charge on any atom is 0.416 e. The summed E-state index contributed by atoms with van der Waals surface area (Å²) in [7, 11) is 0. The summed E-state index contributed by atoms with van der Waals surface area (Å²) in [6.07, 6.45) is -4.26. The van der Waals surface area contributed by atoms with E-state index in [-0.39, 0.29) is 17.0 Å². The van der Waals surface area contributed by atoms with Crippen molar-refractivity contribution in [2.75, 3.05) is 19.6 Å². The molecular weight excluding hydrogens is 307 g/mol. The van der Waals surface area contributed by atoms with Gasteiger partial charge in [-0.1, -0.05) is 6.07 Å². The molecule has 0 unspecified atom stereocenters. The highest BCUT2D eigenvalue weighted by Gasteiger charge is 2.33. The second kappa shape index (κ2) is 6.57. The average Bonchev–Trinajstić information content (AvgIpc) is 2.31. The van der Waals surface area contributed by atoms with Gasteiger partial charge in [0.2, 0.25) is 0 Å². The highest BCUT2D eigenvalue weighted by atomic mass is 79.9. The van der Waals surface area contributed by atoms with Crippen LogP contribution in [0.5, 0.6) is 0 Å². The first-order valence-corrected chi connectivity index (χ1v) is 5.93. The van der Waals surface area contributed by atoms with Crippen molar-refractivity contribution in [3.8, 4) is 0 Å². The van der Waals surface area contributed by atoms with Gasteiger partial charge in [0.1, 0.15) is 5.69 Å². The second-order valence-corrected chi connectivity index (χ2v) is 4.14. The Balaban J connectivity index is 0.00000289. The number of nitrogens with zero attached hydrogens (tertiary/aromatic N) is 1. The van der Waals surface area contributed by atoms with Crippen molar-refractivity contribution in [1.82, 2.24) is 4.48 Å². The molecule has 0 heterocycles. The molecular formula is C13H19BrF3N. The largest absolute Gasteiger partial charge is 1.00 e. The quantitative estimate of drug-likeness (QED) is 0.727. The summed E-state index contributed by atoms with van der Waals surface area (Å²) in [5.74, 6) is 0. The van der Waals surface area contributed by atoms with Gasteiger partial charge in [0.05, 0.1) is 25.2 Å². The zero-order valence-corrected chi connectivity index (χ0v) is 12.5. The monoisotopic (exact) mass is 325 g/mol. The van der Waals surface area contributed by atoms with Gasteiger partial charge in [-0.2, -0.15) is 13.2 Å². The maximum absolute atomic E-state index is 12.7. The Hall–Kier alpha value is -0.550. The number of hydrogen-bond donors (Lipinski definition) is 0. The van der Waals surface area contributed by atoms with Crippen LogP contribution < -0.4 is 21.5 Å². The van der Waals surface area contributed by atoms with Gasteiger partial charge in [0.15, 0.2) is 0 Å². The molecule has 0 bridgehead atoms. The molecule has 0 fully saturated rings. The lowest BCUT2D eigenvalue weighted by atomic mass is 10.1. The van der Waals surface area contributed by atoms with Crippen LogP contribution in [0, 0.1) is 0 Å². The van der Waals surface area contributed by atoms with E-state index in [0.717, 1.165) is 31.4 Å². The van der Waals surface area contributed by atoms with E-state index in [1.165, 1.54) is 12.1 Å². The van der Waals surface area contributed by atoms with E-state index in [9.17, 15) is 13.2 Å². The lowest BCUT2D eigenvalue weighted by Gasteiger charge is -2.35. The standard InChI is InChI=1S/C13H19F3N.BrH/c1-4-17(5-2,6-3)12-9-7-8-11(10-12)13(14,15)16;/h7-10H,4-6H2,1-3H3;1H/q+1;/p-1. The van der Waals surface area contributed by atoms with Crippen molar-refractivity contribution in [1.29, 1.82) is 0 Å². The van der Waals surface area contributed by atoms with Crippen LogP contribution in [-0.4, -0.2) is 19.6 Å². The number of halogens is 4. The number of alkyl halides is 3. The minimum absolute atomic E-state index is 0. The van der Waals surface area contributed by atoms with E-state index >= 15 is 0 Å². The minimum Gasteiger partial charge on any atom is -1.00 e. The van der Waals surface area contributed by atoms with E-state index in [2.05, 4.69) is 0 Å². The van der Waals surface area contributed by atoms with Crippen LogP contribution in [0.1, 0.15) is 26.3 Å². The first kappa shape index (κ1) is 17.4. The third-order valence-electron chi connectivity index (χ3n) is 3.54. The molecule has 0 atom stereocenters. The van der Waals surface area contributed by atoms with Crippen LogP contribution in [0.3, 0.4) is 0 Å². The number of rotatable bonds is 4. The Labute approximate surface area is 117 Å². The van der Waals surface area contributed by atoms with Crippen molar-refractivity contribution >= 4 is 5.69 Å². The molecule has 0 aliphatic rings. The third-order valence-corrected chi connectivity index (χ3v) is 3.54. The average molecular weight is 326 g/mol. The Morgan fingerprint density at radius 1 is 1.00 bits per heavy atom. The lowest BCUT2D eigenvalue weighted by Crippen LogP contribution is -3.00. The normalized spacial score (nSPS) is 12.1. The molecule has 0 aliphatic heterocycles. The fourth-order valence-corrected chi connectivity index (χ4v) is 2.20. The molecule has 0 amide bonds. The second-order valence-electron chi connectivity index (χ2n) is 4.14. The zero-order valence-electron chi connectivity index (χ0n) is 10.9. The summed E-state index contributed by atoms with van der Waals surface area (Å²) in [6, 6.07) is 5.67. The lowest BCUT2D eigenvalue weighted by molar-refractivity contribution is -0.137. The molecule has 1 aromatic rings. The summed E-state index contributed by atoms with van der Waals surface area (Å²) in [6.45, 7) is 8.42. The van der Waals surface area contributed by atoms with E-state index in [0.29, 0.717) is 4.48 Å². The molecule has 1 nitrogen and oxygen atoms in total. The predicted molar refractivity (Wildman–Crippen MR) is 64.9 cm³/mol. The smallest absolute Gasteiger partial charge is 0.416 e. The Kier molecular flexibility index (Phi) is 6.37. The van der Waals surface area contributed by atoms with Crippen LogP contribution in [0.25, 0.3) is 0 Å². The molecule has 0 spiro atoms. The van der Waals surface area contributed by atoms with Crippen LogP contribution >= 0.6 is 0 Å². The topological polar surface area (TPSA) is 0 Å². The highest BCUT2D eigenvalue weighted by Crippen LogP contribution is 2.33. The van der Waals surface area contributed by atoms with Crippen LogP contribution in [-0.2, 0) is 6.18 Å². The Morgan fingerprint density at radius 3 is 1.89 bits per heavy atom. The molecule has 0 aliphatic carbocycles. The summed E-state index contributed by atoms with van der Waals surface area (Å²) in [4.78, 5) is 0. The molecule has 5 heteroatoms. The van der Waals surface area contributed by atoms with Gasteiger partial charge in [-0.25, -0.2) is 0 Å². The molecule has 1 rings (SSSR count). The van der Waals surface area contributed by atoms with Gasteiger partial charge in [-0.3, -0.25) is 4.48 Å². The molecule has 0 aromatic heterocycles. The first-order valence-electron chi connectivity index (χ1n) is 5.93. The Morgan fingerprint density at radius 2 is 1.50 bits per heavy atom. The molecule has 1 aromatic carbocycles. The molecule has 104 valence electrons. The summed E-state index contributed by atoms with van der Waals surface area (Å²) < 4.78 is 38.6. The van der Waals surface area contributed by atoms with E-state index in [4.69, 9.17) is 0 Å². The summed E-state index contributed by atoms with van der Waals surface area (Å²) >= 11 is 0. The van der Waals surface area contributed by atoms with E-state index in [1.54, 1.807) is 6.07 Å². The fourth-order valence-electron chi connectivity index (χ4n) is 2.20. The Bertz CT molecular complexity index is 364. The van der Waals surface area contributed by atoms with Crippen molar-refractivity contribution in [2.45, 2.75) is 26.9 Å². The SMILES string of the molecule is CC[N+](CC)(CC)c1cccc(C(F)(F)F)c1.[Br-]. The highest BCUT2D eigenvalue weighted by molar-refractivity contribution is 5.46. The molecule has 0 saturated heterocycles. The van der Waals surface area contributed by atoms with Gasteiger partial charge < -0.3 is 17.0 Å². The summed E-state index contributed by atoms with van der Waals surface area (Å²) in [5.41, 5.74) is 0.181. The van der Waals surface area contributed by atoms with Crippen molar-refractivity contribution in [3.63, 3.8) is 0 Å². The van der Waals surface area contributed by atoms with Gasteiger partial charge in [-0.15, -0.1) is 0 Å². The number of benzene rings is 1. The van der Waals surface area contributed by atoms with Crippen LogP contribution in [0.15, 0.2) is 24.3 Å². The third kappa shape index (κ3) is 3.48. The van der Waals surface area contributed by atoms with Gasteiger partial charge in [0.25, 0.3) is 0 Å². The number of hydrogen-bond acceptors (Lipinski definition) is 0. The van der Waals surface area contributed by atoms with Crippen LogP contribution in [0.2, 0.25) is 0 Å². The van der Waals surface area contributed by atoms with Crippen molar-refractivity contribution < 1.29 is 30.2 Å². The number of quaternary nitrogens is 1. The summed E-state index contributed by atoms with van der Waals surface area (Å²) in [5, 5.41) is 0. The molecule has 18 heavy (non-hydrogen) atoms. The van der Waals surface area contributed by atoms with Crippen molar-refractivity contribution in [2.24, 2.45) is 0 Å². The van der Waals surface area contributed by atoms with Crippen LogP contribution in [0.4, 0.5) is 18.9 Å². The van der Waals surface area contributed by atoms with E-state index in [1.807, 2.05) is 20.8 Å². The van der Waals surface area contributed by atoms with E-state index < -0.39 is 11.7 Å². The van der Waals surface area contributed by atoms with Gasteiger partial charge in [-0.05, 0) is 32.9 Å². The molecule has 0 N–H and O–H groups in total. The minimum atomic E-state index is -4.26. The van der Waals surface area contributed by atoms with Gasteiger partial charge >= 0.3 is 6.18 Å². The zero-order chi connectivity index (χ0) is 13.1.